The van der Waals surface area contributed by atoms with Gasteiger partial charge in [-0.3, -0.25) is 0 Å². The summed E-state index contributed by atoms with van der Waals surface area (Å²) in [6, 6.07) is 23.5. The van der Waals surface area contributed by atoms with E-state index >= 15 is 0 Å². The molecule has 1 heterocycles. The molecule has 0 amide bonds. The van der Waals surface area contributed by atoms with Gasteiger partial charge in [-0.1, -0.05) is 48.0 Å². The number of halogens is 1. The molecule has 174 valence electrons. The maximum atomic E-state index is 12.6. The molecule has 4 aromatic rings. The molecule has 4 rings (SSSR count). The van der Waals surface area contributed by atoms with Crippen LogP contribution >= 0.6 is 11.6 Å². The van der Waals surface area contributed by atoms with Gasteiger partial charge in [-0.2, -0.15) is 0 Å². The Bertz CT molecular complexity index is 1440. The van der Waals surface area contributed by atoms with Crippen LogP contribution in [0.3, 0.4) is 0 Å². The summed E-state index contributed by atoms with van der Waals surface area (Å²) in [5.41, 5.74) is 5.52. The molecule has 0 spiro atoms. The summed E-state index contributed by atoms with van der Waals surface area (Å²) < 4.78 is 30.5. The van der Waals surface area contributed by atoms with Crippen LogP contribution in [0.25, 0.3) is 28.1 Å². The molecule has 1 aromatic heterocycles. The van der Waals surface area contributed by atoms with Crippen LogP contribution in [0.1, 0.15) is 23.0 Å². The smallest absolute Gasteiger partial charge is 0.339 e. The fourth-order valence-electron chi connectivity index (χ4n) is 3.83. The maximum Gasteiger partial charge on any atom is 0.339 e. The lowest BCUT2D eigenvalue weighted by Crippen LogP contribution is -2.12. The van der Waals surface area contributed by atoms with Crippen LogP contribution in [-0.4, -0.2) is 25.6 Å². The van der Waals surface area contributed by atoms with E-state index in [1.165, 1.54) is 12.1 Å². The van der Waals surface area contributed by atoms with E-state index in [9.17, 15) is 13.2 Å². The minimum atomic E-state index is -3.82. The van der Waals surface area contributed by atoms with E-state index < -0.39 is 16.0 Å². The van der Waals surface area contributed by atoms with Crippen molar-refractivity contribution in [2.45, 2.75) is 18.7 Å². The van der Waals surface area contributed by atoms with Crippen LogP contribution in [-0.2, 0) is 14.8 Å². The normalized spacial score (nSPS) is 11.4. The molecule has 0 aliphatic carbocycles. The number of hydrogen-bond acceptors (Lipinski definition) is 4. The van der Waals surface area contributed by atoms with Crippen LogP contribution < -0.4 is 5.14 Å². The number of nitrogens with two attached hydrogens (primary N) is 1. The fourth-order valence-corrected chi connectivity index (χ4v) is 4.47. The van der Waals surface area contributed by atoms with Gasteiger partial charge in [0.1, 0.15) is 0 Å². The fraction of sp³-hybridized carbons (Fsp3) is 0.115. The SMILES string of the molecule is CCOC(=O)c1cc(-c2ccc(-c3ccc(Cl)cc3)cc2)n(-c2ccc(S(N)(=O)=O)cc2)c1C. The van der Waals surface area contributed by atoms with E-state index in [1.807, 2.05) is 60.0 Å². The van der Waals surface area contributed by atoms with Crippen molar-refractivity contribution in [1.82, 2.24) is 4.57 Å². The Labute approximate surface area is 203 Å². The molecule has 0 aliphatic rings. The Morgan fingerprint density at radius 3 is 1.97 bits per heavy atom. The van der Waals surface area contributed by atoms with E-state index in [2.05, 4.69) is 0 Å². The lowest BCUT2D eigenvalue weighted by Gasteiger charge is -2.13. The monoisotopic (exact) mass is 494 g/mol. The van der Waals surface area contributed by atoms with Gasteiger partial charge in [0.05, 0.1) is 22.8 Å². The van der Waals surface area contributed by atoms with E-state index in [1.54, 1.807) is 25.1 Å². The third-order valence-electron chi connectivity index (χ3n) is 5.52. The molecule has 8 heteroatoms. The zero-order valence-electron chi connectivity index (χ0n) is 18.7. The Hall–Kier alpha value is -3.39. The van der Waals surface area contributed by atoms with Crippen LogP contribution in [0.4, 0.5) is 0 Å². The quantitative estimate of drug-likeness (QED) is 0.353. The molecule has 3 aromatic carbocycles. The van der Waals surface area contributed by atoms with E-state index in [-0.39, 0.29) is 11.5 Å². The standard InChI is InChI=1S/C26H23ClN2O4S/c1-3-33-26(30)24-16-25(20-6-4-18(5-7-20)19-8-10-21(27)11-9-19)29(17(24)2)22-12-14-23(15-13-22)34(28,31)32/h4-16H,3H2,1-2H3,(H2,28,31,32). The summed E-state index contributed by atoms with van der Waals surface area (Å²) in [7, 11) is -3.82. The molecule has 0 saturated heterocycles. The summed E-state index contributed by atoms with van der Waals surface area (Å²) >= 11 is 6.00. The Morgan fingerprint density at radius 2 is 1.44 bits per heavy atom. The van der Waals surface area contributed by atoms with Crippen molar-refractivity contribution in [3.05, 3.63) is 95.1 Å². The molecule has 2 N–H and O–H groups in total. The second-order valence-electron chi connectivity index (χ2n) is 7.71. The van der Waals surface area contributed by atoms with Gasteiger partial charge in [-0.15, -0.1) is 0 Å². The predicted molar refractivity (Wildman–Crippen MR) is 134 cm³/mol. The Morgan fingerprint density at radius 1 is 0.912 bits per heavy atom. The van der Waals surface area contributed by atoms with Crippen molar-refractivity contribution < 1.29 is 17.9 Å². The number of carbonyl (C=O) groups excluding carboxylic acids is 1. The van der Waals surface area contributed by atoms with E-state index in [4.69, 9.17) is 21.5 Å². The molecule has 6 nitrogen and oxygen atoms in total. The molecule has 0 atom stereocenters. The second kappa shape index (κ2) is 9.46. The molecular weight excluding hydrogens is 472 g/mol. The minimum absolute atomic E-state index is 0.0144. The molecule has 0 radical (unpaired) electrons. The van der Waals surface area contributed by atoms with Crippen LogP contribution in [0.2, 0.25) is 5.02 Å². The third-order valence-corrected chi connectivity index (χ3v) is 6.71. The average molecular weight is 495 g/mol. The number of aromatic nitrogens is 1. The van der Waals surface area contributed by atoms with Crippen molar-refractivity contribution in [2.24, 2.45) is 5.14 Å². The molecule has 0 aliphatic heterocycles. The van der Waals surface area contributed by atoms with Crippen molar-refractivity contribution in [2.75, 3.05) is 6.61 Å². The maximum absolute atomic E-state index is 12.6. The van der Waals surface area contributed by atoms with Gasteiger partial charge >= 0.3 is 5.97 Å². The number of benzene rings is 3. The number of nitrogens with zero attached hydrogens (tertiary/aromatic N) is 1. The van der Waals surface area contributed by atoms with Gasteiger partial charge in [0.15, 0.2) is 0 Å². The third kappa shape index (κ3) is 4.77. The van der Waals surface area contributed by atoms with Gasteiger partial charge in [-0.25, -0.2) is 18.4 Å². The molecule has 0 unspecified atom stereocenters. The van der Waals surface area contributed by atoms with Crippen LogP contribution in [0, 0.1) is 6.92 Å². The molecule has 34 heavy (non-hydrogen) atoms. The minimum Gasteiger partial charge on any atom is -0.462 e. The topological polar surface area (TPSA) is 91.4 Å². The number of carbonyl (C=O) groups is 1. The summed E-state index contributed by atoms with van der Waals surface area (Å²) in [4.78, 5) is 12.6. The van der Waals surface area contributed by atoms with Gasteiger partial charge in [0.2, 0.25) is 10.0 Å². The first-order chi connectivity index (χ1) is 16.2. The highest BCUT2D eigenvalue weighted by atomic mass is 35.5. The summed E-state index contributed by atoms with van der Waals surface area (Å²) in [6.45, 7) is 3.84. The van der Waals surface area contributed by atoms with E-state index in [0.717, 1.165) is 22.4 Å². The lowest BCUT2D eigenvalue weighted by atomic mass is 10.0. The first kappa shape index (κ1) is 23.8. The zero-order chi connectivity index (χ0) is 24.5. The highest BCUT2D eigenvalue weighted by Crippen LogP contribution is 2.32. The average Bonchev–Trinajstić information content (AvgIpc) is 3.16. The second-order valence-corrected chi connectivity index (χ2v) is 9.71. The van der Waals surface area contributed by atoms with Crippen molar-refractivity contribution in [3.63, 3.8) is 0 Å². The van der Waals surface area contributed by atoms with Gasteiger partial charge in [0.25, 0.3) is 0 Å². The number of sulfonamides is 1. The zero-order valence-corrected chi connectivity index (χ0v) is 20.2. The molecule has 0 fully saturated rings. The number of hydrogen-bond donors (Lipinski definition) is 1. The highest BCUT2D eigenvalue weighted by Gasteiger charge is 2.21. The molecular formula is C26H23ClN2O4S. The summed E-state index contributed by atoms with van der Waals surface area (Å²) in [5.74, 6) is -0.418. The first-order valence-corrected chi connectivity index (χ1v) is 12.5. The number of ether oxygens (including phenoxy) is 1. The lowest BCUT2D eigenvalue weighted by molar-refractivity contribution is 0.0525. The van der Waals surface area contributed by atoms with Gasteiger partial charge in [0, 0.05) is 16.4 Å². The van der Waals surface area contributed by atoms with Crippen LogP contribution in [0.5, 0.6) is 0 Å². The Balaban J connectivity index is 1.82. The molecule has 0 saturated carbocycles. The number of esters is 1. The van der Waals surface area contributed by atoms with Crippen molar-refractivity contribution in [3.8, 4) is 28.1 Å². The first-order valence-electron chi connectivity index (χ1n) is 10.6. The largest absolute Gasteiger partial charge is 0.462 e. The van der Waals surface area contributed by atoms with Crippen LogP contribution in [0.15, 0.2) is 83.8 Å². The number of primary sulfonamides is 1. The highest BCUT2D eigenvalue weighted by molar-refractivity contribution is 7.89. The number of rotatable bonds is 6. The summed E-state index contributed by atoms with van der Waals surface area (Å²) in [6.07, 6.45) is 0. The van der Waals surface area contributed by atoms with Gasteiger partial charge in [-0.05, 0) is 73.0 Å². The van der Waals surface area contributed by atoms with E-state index in [0.29, 0.717) is 22.0 Å². The molecule has 0 bridgehead atoms. The van der Waals surface area contributed by atoms with Crippen molar-refractivity contribution >= 4 is 27.6 Å². The Kier molecular flexibility index (Phi) is 6.61. The van der Waals surface area contributed by atoms with Gasteiger partial charge < -0.3 is 9.30 Å². The summed E-state index contributed by atoms with van der Waals surface area (Å²) in [5, 5.41) is 5.92. The predicted octanol–water partition coefficient (Wildman–Crippen LogP) is 5.60. The van der Waals surface area contributed by atoms with Crippen molar-refractivity contribution in [1.29, 1.82) is 0 Å².